The molecular formula is C24H33N3O3. The second kappa shape index (κ2) is 11.5. The fraction of sp³-hybridized carbons (Fsp3) is 0.458. The molecule has 2 aromatic carbocycles. The first-order chi connectivity index (χ1) is 14.8. The van der Waals surface area contributed by atoms with Crippen molar-refractivity contribution in [3.05, 3.63) is 60.2 Å². The lowest BCUT2D eigenvalue weighted by atomic mass is 9.74. The largest absolute Gasteiger partial charge is 0.497 e. The summed E-state index contributed by atoms with van der Waals surface area (Å²) in [4.78, 5) is 4.92. The first kappa shape index (κ1) is 22.0. The third-order valence-corrected chi connectivity index (χ3v) is 5.44. The number of ether oxygens (including phenoxy) is 3. The molecule has 1 fully saturated rings. The Balaban J connectivity index is 1.63. The van der Waals surface area contributed by atoms with Crippen molar-refractivity contribution in [3.63, 3.8) is 0 Å². The molecule has 0 bridgehead atoms. The molecule has 3 rings (SSSR count). The summed E-state index contributed by atoms with van der Waals surface area (Å²) in [6.07, 6.45) is 1.92. The summed E-state index contributed by atoms with van der Waals surface area (Å²) < 4.78 is 16.7. The number of nitrogens with one attached hydrogen (secondary N) is 2. The lowest BCUT2D eigenvalue weighted by Gasteiger charge is -2.36. The van der Waals surface area contributed by atoms with Gasteiger partial charge in [-0.2, -0.15) is 0 Å². The first-order valence-corrected chi connectivity index (χ1v) is 10.7. The SMILES string of the molecule is CCNC(=NCC1(c2ccc(OC)cc2)CCOCC1)NCCOc1ccccc1. The number of benzene rings is 2. The van der Waals surface area contributed by atoms with Crippen LogP contribution in [0, 0.1) is 0 Å². The molecule has 0 spiro atoms. The van der Waals surface area contributed by atoms with Crippen molar-refractivity contribution < 1.29 is 14.2 Å². The molecule has 0 saturated carbocycles. The van der Waals surface area contributed by atoms with Gasteiger partial charge in [0.25, 0.3) is 0 Å². The van der Waals surface area contributed by atoms with Crippen LogP contribution >= 0.6 is 0 Å². The van der Waals surface area contributed by atoms with E-state index in [0.717, 1.165) is 50.1 Å². The number of methoxy groups -OCH3 is 1. The molecule has 0 radical (unpaired) electrons. The maximum Gasteiger partial charge on any atom is 0.191 e. The van der Waals surface area contributed by atoms with Gasteiger partial charge in [-0.1, -0.05) is 30.3 Å². The molecule has 30 heavy (non-hydrogen) atoms. The zero-order valence-corrected chi connectivity index (χ0v) is 18.0. The molecule has 0 aliphatic carbocycles. The summed E-state index contributed by atoms with van der Waals surface area (Å²) in [5, 5.41) is 6.72. The van der Waals surface area contributed by atoms with Gasteiger partial charge in [0.05, 0.1) is 20.2 Å². The molecule has 0 atom stereocenters. The smallest absolute Gasteiger partial charge is 0.191 e. The van der Waals surface area contributed by atoms with Crippen molar-refractivity contribution >= 4 is 5.96 Å². The van der Waals surface area contributed by atoms with E-state index in [1.807, 2.05) is 42.5 Å². The molecule has 2 aromatic rings. The summed E-state index contributed by atoms with van der Waals surface area (Å²) >= 11 is 0. The van der Waals surface area contributed by atoms with Crippen molar-refractivity contribution in [2.45, 2.75) is 25.2 Å². The van der Waals surface area contributed by atoms with Gasteiger partial charge in [0.1, 0.15) is 18.1 Å². The molecule has 1 aliphatic rings. The number of aliphatic imine (C=N–C) groups is 1. The van der Waals surface area contributed by atoms with E-state index in [0.29, 0.717) is 19.7 Å². The zero-order valence-electron chi connectivity index (χ0n) is 18.0. The van der Waals surface area contributed by atoms with Crippen LogP contribution in [0.25, 0.3) is 0 Å². The minimum Gasteiger partial charge on any atom is -0.497 e. The number of hydrogen-bond donors (Lipinski definition) is 2. The van der Waals surface area contributed by atoms with Crippen LogP contribution in [-0.4, -0.2) is 52.5 Å². The predicted octanol–water partition coefficient (Wildman–Crippen LogP) is 3.38. The lowest BCUT2D eigenvalue weighted by Crippen LogP contribution is -2.42. The van der Waals surface area contributed by atoms with Gasteiger partial charge >= 0.3 is 0 Å². The molecule has 162 valence electrons. The third-order valence-electron chi connectivity index (χ3n) is 5.44. The highest BCUT2D eigenvalue weighted by Gasteiger charge is 2.34. The number of para-hydroxylation sites is 1. The van der Waals surface area contributed by atoms with Crippen LogP contribution < -0.4 is 20.1 Å². The lowest BCUT2D eigenvalue weighted by molar-refractivity contribution is 0.0531. The van der Waals surface area contributed by atoms with Crippen molar-refractivity contribution in [1.29, 1.82) is 0 Å². The van der Waals surface area contributed by atoms with Crippen molar-refractivity contribution in [3.8, 4) is 11.5 Å². The van der Waals surface area contributed by atoms with Crippen molar-refractivity contribution in [2.75, 3.05) is 46.6 Å². The monoisotopic (exact) mass is 411 g/mol. The minimum absolute atomic E-state index is 0.0204. The van der Waals surface area contributed by atoms with Gasteiger partial charge < -0.3 is 24.8 Å². The van der Waals surface area contributed by atoms with Crippen LogP contribution in [0.4, 0.5) is 0 Å². The van der Waals surface area contributed by atoms with E-state index < -0.39 is 0 Å². The molecular weight excluding hydrogens is 378 g/mol. The average molecular weight is 412 g/mol. The molecule has 0 aromatic heterocycles. The fourth-order valence-electron chi connectivity index (χ4n) is 3.67. The Morgan fingerprint density at radius 2 is 1.73 bits per heavy atom. The predicted molar refractivity (Wildman–Crippen MR) is 121 cm³/mol. The van der Waals surface area contributed by atoms with E-state index >= 15 is 0 Å². The summed E-state index contributed by atoms with van der Waals surface area (Å²) in [7, 11) is 1.69. The Morgan fingerprint density at radius 1 is 1.00 bits per heavy atom. The van der Waals surface area contributed by atoms with Crippen LogP contribution in [0.3, 0.4) is 0 Å². The van der Waals surface area contributed by atoms with Gasteiger partial charge in [-0.25, -0.2) is 0 Å². The standard InChI is InChI=1S/C24H33N3O3/c1-3-25-23(26-15-18-30-22-7-5-4-6-8-22)27-19-24(13-16-29-17-14-24)20-9-11-21(28-2)12-10-20/h4-12H,3,13-19H2,1-2H3,(H2,25,26,27). The van der Waals surface area contributed by atoms with E-state index in [1.54, 1.807) is 7.11 Å². The molecule has 1 saturated heterocycles. The van der Waals surface area contributed by atoms with E-state index in [2.05, 4.69) is 29.7 Å². The van der Waals surface area contributed by atoms with E-state index in [9.17, 15) is 0 Å². The third kappa shape index (κ3) is 6.13. The Hall–Kier alpha value is -2.73. The molecule has 2 N–H and O–H groups in total. The second-order valence-electron chi connectivity index (χ2n) is 7.40. The summed E-state index contributed by atoms with van der Waals surface area (Å²) in [5.74, 6) is 2.56. The van der Waals surface area contributed by atoms with Crippen LogP contribution in [-0.2, 0) is 10.2 Å². The summed E-state index contributed by atoms with van der Waals surface area (Å²) in [5.41, 5.74) is 1.27. The maximum absolute atomic E-state index is 5.77. The Kier molecular flexibility index (Phi) is 8.39. The topological polar surface area (TPSA) is 64.1 Å². The van der Waals surface area contributed by atoms with Crippen LogP contribution in [0.1, 0.15) is 25.3 Å². The maximum atomic E-state index is 5.77. The van der Waals surface area contributed by atoms with Crippen LogP contribution in [0.2, 0.25) is 0 Å². The minimum atomic E-state index is -0.0204. The van der Waals surface area contributed by atoms with Gasteiger partial charge in [-0.3, -0.25) is 4.99 Å². The molecule has 6 nitrogen and oxygen atoms in total. The molecule has 1 aliphatic heterocycles. The highest BCUT2D eigenvalue weighted by atomic mass is 16.5. The zero-order chi connectivity index (χ0) is 21.1. The summed E-state index contributed by atoms with van der Waals surface area (Å²) in [6, 6.07) is 18.2. The van der Waals surface area contributed by atoms with Gasteiger partial charge in [0.2, 0.25) is 0 Å². The van der Waals surface area contributed by atoms with E-state index in [1.165, 1.54) is 5.56 Å². The quantitative estimate of drug-likeness (QED) is 0.376. The van der Waals surface area contributed by atoms with Crippen LogP contribution in [0.15, 0.2) is 59.6 Å². The molecule has 1 heterocycles. The number of hydrogen-bond acceptors (Lipinski definition) is 4. The van der Waals surface area contributed by atoms with Gasteiger partial charge in [0, 0.05) is 25.2 Å². The normalized spacial score (nSPS) is 16.0. The Morgan fingerprint density at radius 3 is 2.40 bits per heavy atom. The van der Waals surface area contributed by atoms with Crippen molar-refractivity contribution in [1.82, 2.24) is 10.6 Å². The number of guanidine groups is 1. The van der Waals surface area contributed by atoms with Gasteiger partial charge in [0.15, 0.2) is 5.96 Å². The molecule has 6 heteroatoms. The highest BCUT2D eigenvalue weighted by molar-refractivity contribution is 5.79. The Labute approximate surface area is 179 Å². The van der Waals surface area contributed by atoms with Gasteiger partial charge in [-0.15, -0.1) is 0 Å². The van der Waals surface area contributed by atoms with E-state index in [4.69, 9.17) is 19.2 Å². The van der Waals surface area contributed by atoms with E-state index in [-0.39, 0.29) is 5.41 Å². The molecule has 0 amide bonds. The number of rotatable bonds is 9. The first-order valence-electron chi connectivity index (χ1n) is 10.7. The van der Waals surface area contributed by atoms with Crippen LogP contribution in [0.5, 0.6) is 11.5 Å². The highest BCUT2D eigenvalue weighted by Crippen LogP contribution is 2.36. The summed E-state index contributed by atoms with van der Waals surface area (Å²) in [6.45, 7) is 6.37. The second-order valence-corrected chi connectivity index (χ2v) is 7.40. The van der Waals surface area contributed by atoms with Crippen molar-refractivity contribution in [2.24, 2.45) is 4.99 Å². The Bertz CT molecular complexity index is 772. The average Bonchev–Trinajstić information content (AvgIpc) is 2.81. The van der Waals surface area contributed by atoms with Gasteiger partial charge in [-0.05, 0) is 49.6 Å². The number of nitrogens with zero attached hydrogens (tertiary/aromatic N) is 1. The molecule has 0 unspecified atom stereocenters. The fourth-order valence-corrected chi connectivity index (χ4v) is 3.67.